The third-order valence-electron chi connectivity index (χ3n) is 4.60. The van der Waals surface area contributed by atoms with Crippen molar-refractivity contribution in [3.63, 3.8) is 0 Å². The van der Waals surface area contributed by atoms with Gasteiger partial charge in [0.05, 0.1) is 5.97 Å². The zero-order valence-electron chi connectivity index (χ0n) is 14.1. The van der Waals surface area contributed by atoms with E-state index in [1.54, 1.807) is 0 Å². The summed E-state index contributed by atoms with van der Waals surface area (Å²) in [6, 6.07) is 6.09. The van der Waals surface area contributed by atoms with Crippen LogP contribution in [0.2, 0.25) is 0 Å². The fourth-order valence-electron chi connectivity index (χ4n) is 2.14. The van der Waals surface area contributed by atoms with E-state index in [0.717, 1.165) is 18.4 Å². The third-order valence-corrected chi connectivity index (χ3v) is 4.60. The number of carboxylic acids is 1. The van der Waals surface area contributed by atoms with Crippen molar-refractivity contribution in [3.8, 4) is 5.75 Å². The van der Waals surface area contributed by atoms with Crippen molar-refractivity contribution < 1.29 is 14.6 Å². The van der Waals surface area contributed by atoms with E-state index < -0.39 is 12.6 Å². The molecule has 0 aromatic heterocycles. The van der Waals surface area contributed by atoms with E-state index >= 15 is 0 Å². The molecule has 0 aliphatic carbocycles. The van der Waals surface area contributed by atoms with Crippen LogP contribution in [0.25, 0.3) is 0 Å². The van der Waals surface area contributed by atoms with Gasteiger partial charge in [0.25, 0.3) is 0 Å². The van der Waals surface area contributed by atoms with Gasteiger partial charge in [-0.15, -0.1) is 0 Å². The zero-order chi connectivity index (χ0) is 16.3. The van der Waals surface area contributed by atoms with E-state index in [1.807, 2.05) is 12.1 Å². The summed E-state index contributed by atoms with van der Waals surface area (Å²) in [4.78, 5) is 10.6. The van der Waals surface area contributed by atoms with Crippen LogP contribution in [-0.4, -0.2) is 12.6 Å². The molecule has 118 valence electrons. The van der Waals surface area contributed by atoms with Gasteiger partial charge >= 0.3 is 0 Å². The molecule has 0 aliphatic heterocycles. The molecule has 0 radical (unpaired) electrons. The summed E-state index contributed by atoms with van der Waals surface area (Å²) in [6.45, 7) is 12.6. The van der Waals surface area contributed by atoms with Crippen molar-refractivity contribution in [1.82, 2.24) is 0 Å². The van der Waals surface area contributed by atoms with Crippen molar-refractivity contribution in [2.24, 2.45) is 0 Å². The first-order chi connectivity index (χ1) is 9.64. The molecule has 21 heavy (non-hydrogen) atoms. The molecule has 3 heteroatoms. The monoisotopic (exact) mass is 291 g/mol. The lowest BCUT2D eigenvalue weighted by molar-refractivity contribution is -0.307. The van der Waals surface area contributed by atoms with Gasteiger partial charge in [-0.2, -0.15) is 0 Å². The molecule has 0 heterocycles. The molecule has 0 amide bonds. The molecule has 0 spiro atoms. The van der Waals surface area contributed by atoms with Gasteiger partial charge in [0, 0.05) is 5.56 Å². The van der Waals surface area contributed by atoms with E-state index in [9.17, 15) is 9.90 Å². The lowest BCUT2D eigenvalue weighted by Gasteiger charge is -2.30. The van der Waals surface area contributed by atoms with Crippen molar-refractivity contribution in [2.45, 2.75) is 65.2 Å². The number of rotatable bonds is 7. The molecule has 0 fully saturated rings. The number of ether oxygens (including phenoxy) is 1. The molecule has 1 rings (SSSR count). The number of hydrogen-bond acceptors (Lipinski definition) is 3. The highest BCUT2D eigenvalue weighted by molar-refractivity contribution is 5.66. The summed E-state index contributed by atoms with van der Waals surface area (Å²) >= 11 is 0. The Balaban J connectivity index is 3.30. The molecule has 3 nitrogen and oxygen atoms in total. The lowest BCUT2D eigenvalue weighted by Crippen LogP contribution is -2.30. The summed E-state index contributed by atoms with van der Waals surface area (Å²) in [5.41, 5.74) is 2.33. The van der Waals surface area contributed by atoms with Gasteiger partial charge in [-0.25, -0.2) is 0 Å². The number of hydrogen-bond donors (Lipinski definition) is 0. The van der Waals surface area contributed by atoms with E-state index in [-0.39, 0.29) is 10.8 Å². The Kier molecular flexibility index (Phi) is 5.43. The van der Waals surface area contributed by atoms with Crippen molar-refractivity contribution in [3.05, 3.63) is 29.3 Å². The van der Waals surface area contributed by atoms with E-state index in [1.165, 1.54) is 5.56 Å². The zero-order valence-corrected chi connectivity index (χ0v) is 14.1. The highest BCUT2D eigenvalue weighted by atomic mass is 16.5. The Morgan fingerprint density at radius 1 is 1.10 bits per heavy atom. The molecule has 0 N–H and O–H groups in total. The fraction of sp³-hybridized carbons (Fsp3) is 0.611. The maximum absolute atomic E-state index is 10.6. The van der Waals surface area contributed by atoms with Gasteiger partial charge in [-0.1, -0.05) is 53.7 Å². The van der Waals surface area contributed by atoms with Crippen LogP contribution in [0.4, 0.5) is 0 Å². The standard InChI is InChI=1S/C18H28O3/c1-7-17(3,4)13-9-10-15(21-12-16(19)20)14(11-13)18(5,6)8-2/h9-11H,7-8,12H2,1-6H3,(H,19,20)/p-1. The Bertz CT molecular complexity index is 501. The average molecular weight is 291 g/mol. The highest BCUT2D eigenvalue weighted by Crippen LogP contribution is 2.38. The first-order valence-corrected chi connectivity index (χ1v) is 7.61. The predicted molar refractivity (Wildman–Crippen MR) is 83.6 cm³/mol. The van der Waals surface area contributed by atoms with Crippen LogP contribution in [0.5, 0.6) is 5.75 Å². The van der Waals surface area contributed by atoms with Gasteiger partial charge in [0.1, 0.15) is 12.4 Å². The average Bonchev–Trinajstić information content (AvgIpc) is 2.44. The Morgan fingerprint density at radius 3 is 2.14 bits per heavy atom. The number of benzene rings is 1. The highest BCUT2D eigenvalue weighted by Gasteiger charge is 2.26. The van der Waals surface area contributed by atoms with Crippen LogP contribution >= 0.6 is 0 Å². The molecule has 0 unspecified atom stereocenters. The second-order valence-corrected chi connectivity index (χ2v) is 6.85. The topological polar surface area (TPSA) is 49.4 Å². The number of carbonyl (C=O) groups excluding carboxylic acids is 1. The quantitative estimate of drug-likeness (QED) is 0.775. The van der Waals surface area contributed by atoms with E-state index in [0.29, 0.717) is 5.75 Å². The molecular formula is C18H27O3-. The summed E-state index contributed by atoms with van der Waals surface area (Å²) in [7, 11) is 0. The van der Waals surface area contributed by atoms with Gasteiger partial charge in [-0.05, 0) is 35.3 Å². The van der Waals surface area contributed by atoms with Gasteiger partial charge in [0.15, 0.2) is 0 Å². The molecule has 0 saturated carbocycles. The summed E-state index contributed by atoms with van der Waals surface area (Å²) in [5.74, 6) is -0.560. The number of aliphatic carboxylic acids is 1. The summed E-state index contributed by atoms with van der Waals surface area (Å²) < 4.78 is 5.43. The van der Waals surface area contributed by atoms with Gasteiger partial charge in [0.2, 0.25) is 0 Å². The SMILES string of the molecule is CCC(C)(C)c1ccc(OCC(=O)[O-])c(C(C)(C)CC)c1. The van der Waals surface area contributed by atoms with Gasteiger partial charge in [-0.3, -0.25) is 0 Å². The Labute approximate surface area is 128 Å². The van der Waals surface area contributed by atoms with Crippen molar-refractivity contribution in [1.29, 1.82) is 0 Å². The number of carbonyl (C=O) groups is 1. The molecule has 0 bridgehead atoms. The molecular weight excluding hydrogens is 264 g/mol. The summed E-state index contributed by atoms with van der Waals surface area (Å²) in [5, 5.41) is 10.6. The second kappa shape index (κ2) is 6.50. The second-order valence-electron chi connectivity index (χ2n) is 6.85. The van der Waals surface area contributed by atoms with Crippen molar-refractivity contribution >= 4 is 5.97 Å². The molecule has 1 aromatic carbocycles. The fourth-order valence-corrected chi connectivity index (χ4v) is 2.14. The van der Waals surface area contributed by atoms with Crippen LogP contribution in [0.15, 0.2) is 18.2 Å². The third kappa shape index (κ3) is 4.23. The predicted octanol–water partition coefficient (Wildman–Crippen LogP) is 3.19. The molecule has 0 atom stereocenters. The smallest absolute Gasteiger partial charge is 0.128 e. The maximum Gasteiger partial charge on any atom is 0.128 e. The van der Waals surface area contributed by atoms with Gasteiger partial charge < -0.3 is 14.6 Å². The maximum atomic E-state index is 10.6. The van der Waals surface area contributed by atoms with Crippen LogP contribution in [0.1, 0.15) is 65.5 Å². The van der Waals surface area contributed by atoms with Crippen LogP contribution in [0, 0.1) is 0 Å². The number of carboxylic acid groups (broad SMARTS) is 1. The largest absolute Gasteiger partial charge is 0.546 e. The minimum atomic E-state index is -1.20. The van der Waals surface area contributed by atoms with E-state index in [2.05, 4.69) is 47.6 Å². The van der Waals surface area contributed by atoms with Crippen LogP contribution in [0.3, 0.4) is 0 Å². The minimum absolute atomic E-state index is 0.0684. The normalized spacial score (nSPS) is 12.3. The van der Waals surface area contributed by atoms with Crippen LogP contribution < -0.4 is 9.84 Å². The Hall–Kier alpha value is -1.51. The Morgan fingerprint density at radius 2 is 1.67 bits per heavy atom. The first kappa shape index (κ1) is 17.5. The minimum Gasteiger partial charge on any atom is -0.546 e. The first-order valence-electron chi connectivity index (χ1n) is 7.61. The molecule has 1 aromatic rings. The summed E-state index contributed by atoms with van der Waals surface area (Å²) in [6.07, 6.45) is 1.99. The van der Waals surface area contributed by atoms with E-state index in [4.69, 9.17) is 4.74 Å². The lowest BCUT2D eigenvalue weighted by atomic mass is 9.76. The molecule has 0 aliphatic rings. The molecule has 0 saturated heterocycles. The van der Waals surface area contributed by atoms with Crippen LogP contribution in [-0.2, 0) is 15.6 Å². The van der Waals surface area contributed by atoms with Crippen molar-refractivity contribution in [2.75, 3.05) is 6.61 Å².